The molecule has 4 rings (SSSR count). The van der Waals surface area contributed by atoms with Gasteiger partial charge in [-0.15, -0.1) is 0 Å². The van der Waals surface area contributed by atoms with Gasteiger partial charge in [-0.2, -0.15) is 5.26 Å². The third-order valence-corrected chi connectivity index (χ3v) is 7.80. The molecule has 0 bridgehead atoms. The van der Waals surface area contributed by atoms with Crippen LogP contribution in [-0.2, 0) is 14.3 Å². The first-order chi connectivity index (χ1) is 18.0. The number of esters is 1. The Labute approximate surface area is 227 Å². The van der Waals surface area contributed by atoms with Crippen LogP contribution in [0.3, 0.4) is 0 Å². The minimum atomic E-state index is -0.679. The molecule has 192 valence electrons. The van der Waals surface area contributed by atoms with Crippen LogP contribution in [0.1, 0.15) is 56.1 Å². The molecule has 1 atom stereocenters. The molecule has 1 aliphatic heterocycles. The molecule has 1 saturated carbocycles. The molecule has 37 heavy (non-hydrogen) atoms. The zero-order valence-electron chi connectivity index (χ0n) is 20.8. The summed E-state index contributed by atoms with van der Waals surface area (Å²) < 4.78 is 5.45. The molecule has 0 saturated heterocycles. The Hall–Kier alpha value is -3.21. The molecule has 1 heterocycles. The van der Waals surface area contributed by atoms with E-state index >= 15 is 0 Å². The molecule has 8 heteroatoms. The number of amides is 1. The highest BCUT2D eigenvalue weighted by atomic mass is 35.5. The van der Waals surface area contributed by atoms with Gasteiger partial charge in [-0.25, -0.2) is 4.79 Å². The zero-order valence-corrected chi connectivity index (χ0v) is 22.3. The van der Waals surface area contributed by atoms with Gasteiger partial charge in [0.15, 0.2) is 0 Å². The Morgan fingerprint density at radius 3 is 2.46 bits per heavy atom. The molecule has 0 unspecified atom stereocenters. The van der Waals surface area contributed by atoms with Crippen LogP contribution < -0.4 is 10.6 Å². The average Bonchev–Trinajstić information content (AvgIpc) is 2.92. The van der Waals surface area contributed by atoms with Crippen molar-refractivity contribution in [3.8, 4) is 6.07 Å². The maximum absolute atomic E-state index is 13.3. The Kier molecular flexibility index (Phi) is 9.32. The van der Waals surface area contributed by atoms with Crippen molar-refractivity contribution in [1.29, 1.82) is 5.26 Å². The first kappa shape index (κ1) is 26.8. The lowest BCUT2D eigenvalue weighted by Crippen LogP contribution is -2.37. The van der Waals surface area contributed by atoms with Gasteiger partial charge in [-0.1, -0.05) is 85.1 Å². The summed E-state index contributed by atoms with van der Waals surface area (Å²) in [5.41, 5.74) is 2.80. The lowest BCUT2D eigenvalue weighted by molar-refractivity contribution is -0.138. The molecule has 2 N–H and O–H groups in total. The van der Waals surface area contributed by atoms with Crippen molar-refractivity contribution in [1.82, 2.24) is 10.6 Å². The van der Waals surface area contributed by atoms with Crippen molar-refractivity contribution < 1.29 is 14.3 Å². The third kappa shape index (κ3) is 6.57. The highest BCUT2D eigenvalue weighted by molar-refractivity contribution is 8.03. The van der Waals surface area contributed by atoms with Gasteiger partial charge in [-0.3, -0.25) is 4.79 Å². The number of nitrogens with zero attached hydrogens (tertiary/aromatic N) is 1. The van der Waals surface area contributed by atoms with Crippen LogP contribution in [-0.4, -0.2) is 30.3 Å². The molecule has 1 fully saturated rings. The van der Waals surface area contributed by atoms with Gasteiger partial charge in [0.25, 0.3) is 0 Å². The molecule has 2 aromatic carbocycles. The predicted molar refractivity (Wildman–Crippen MR) is 147 cm³/mol. The number of nitrogens with one attached hydrogen (secondary N) is 2. The van der Waals surface area contributed by atoms with Crippen molar-refractivity contribution >= 4 is 40.9 Å². The molecule has 2 aliphatic rings. The summed E-state index contributed by atoms with van der Waals surface area (Å²) >= 11 is 7.42. The fraction of sp³-hybridized carbons (Fsp3) is 0.345. The van der Waals surface area contributed by atoms with E-state index in [1.165, 1.54) is 18.2 Å². The lowest BCUT2D eigenvalue weighted by Gasteiger charge is -2.31. The fourth-order valence-electron chi connectivity index (χ4n) is 4.80. The molecule has 1 amide bonds. The highest BCUT2D eigenvalue weighted by Gasteiger charge is 2.37. The Bertz CT molecular complexity index is 1230. The van der Waals surface area contributed by atoms with E-state index in [1.54, 1.807) is 19.1 Å². The second-order valence-corrected chi connectivity index (χ2v) is 10.5. The van der Waals surface area contributed by atoms with E-state index in [9.17, 15) is 14.9 Å². The Balaban J connectivity index is 1.73. The van der Waals surface area contributed by atoms with E-state index in [4.69, 9.17) is 16.3 Å². The summed E-state index contributed by atoms with van der Waals surface area (Å²) in [5.74, 6) is -1.08. The number of allylic oxidation sites excluding steroid dienone is 1. The largest absolute Gasteiger partial charge is 0.463 e. The van der Waals surface area contributed by atoms with Crippen molar-refractivity contribution in [3.05, 3.63) is 86.9 Å². The molecule has 0 spiro atoms. The minimum Gasteiger partial charge on any atom is -0.463 e. The number of rotatable bonds is 8. The predicted octanol–water partition coefficient (Wildman–Crippen LogP) is 5.92. The highest BCUT2D eigenvalue weighted by Crippen LogP contribution is 2.43. The van der Waals surface area contributed by atoms with E-state index < -0.39 is 11.9 Å². The van der Waals surface area contributed by atoms with Gasteiger partial charge in [-0.05, 0) is 43.0 Å². The Morgan fingerprint density at radius 1 is 1.11 bits per heavy atom. The summed E-state index contributed by atoms with van der Waals surface area (Å²) in [6.45, 7) is 1.95. The van der Waals surface area contributed by atoms with E-state index in [0.29, 0.717) is 26.9 Å². The first-order valence-electron chi connectivity index (χ1n) is 12.6. The quantitative estimate of drug-likeness (QED) is 0.408. The van der Waals surface area contributed by atoms with Gasteiger partial charge >= 0.3 is 5.97 Å². The summed E-state index contributed by atoms with van der Waals surface area (Å²) in [7, 11) is 0. The van der Waals surface area contributed by atoms with Crippen molar-refractivity contribution in [2.75, 3.05) is 12.4 Å². The van der Waals surface area contributed by atoms with Crippen LogP contribution in [0.5, 0.6) is 0 Å². The number of carbonyl (C=O) groups excluding carboxylic acids is 2. The number of hydrogen-bond acceptors (Lipinski definition) is 6. The minimum absolute atomic E-state index is 0.0621. The summed E-state index contributed by atoms with van der Waals surface area (Å²) in [6, 6.07) is 19.1. The number of carbonyl (C=O) groups is 2. The smallest absolute Gasteiger partial charge is 0.337 e. The van der Waals surface area contributed by atoms with Crippen LogP contribution in [0.2, 0.25) is 5.02 Å². The number of nitriles is 1. The molecule has 1 aliphatic carbocycles. The van der Waals surface area contributed by atoms with Crippen LogP contribution in [0.15, 0.2) is 70.8 Å². The second kappa shape index (κ2) is 12.8. The second-order valence-electron chi connectivity index (χ2n) is 9.03. The number of benzene rings is 2. The topological polar surface area (TPSA) is 91.2 Å². The van der Waals surface area contributed by atoms with E-state index in [0.717, 1.165) is 36.8 Å². The van der Waals surface area contributed by atoms with Gasteiger partial charge < -0.3 is 15.4 Å². The number of hydrogen-bond donors (Lipinski definition) is 2. The molecular formula is C29H30ClN3O3S. The monoisotopic (exact) mass is 535 g/mol. The zero-order chi connectivity index (χ0) is 26.2. The average molecular weight is 536 g/mol. The van der Waals surface area contributed by atoms with Crippen LogP contribution in [0, 0.1) is 11.3 Å². The third-order valence-electron chi connectivity index (χ3n) is 6.53. The number of halogens is 1. The van der Waals surface area contributed by atoms with Crippen molar-refractivity contribution in [2.24, 2.45) is 0 Å². The van der Waals surface area contributed by atoms with Gasteiger partial charge in [0.1, 0.15) is 0 Å². The first-order valence-corrected chi connectivity index (χ1v) is 13.9. The number of ether oxygens (including phenoxy) is 1. The summed E-state index contributed by atoms with van der Waals surface area (Å²) in [6.07, 6.45) is 5.49. The summed E-state index contributed by atoms with van der Waals surface area (Å²) in [4.78, 5) is 26.1. The molecule has 2 aromatic rings. The maximum Gasteiger partial charge on any atom is 0.337 e. The van der Waals surface area contributed by atoms with E-state index in [1.807, 2.05) is 42.5 Å². The van der Waals surface area contributed by atoms with Crippen LogP contribution >= 0.6 is 23.4 Å². The van der Waals surface area contributed by atoms with Gasteiger partial charge in [0, 0.05) is 11.1 Å². The SMILES string of the molecule is CCOC(=O)C1=C(c2ccccc2)NC(SCC(=O)NC2CCCCC2)=C(C#N)[C@@H]1c1ccc(Cl)cc1. The standard InChI is InChI=1S/C29H30ClN3O3S/c1-2-36-29(35)26-25(19-13-15-21(30)16-14-19)23(17-31)28(33-27(26)20-9-5-3-6-10-20)37-18-24(34)32-22-11-7-4-8-12-22/h3,5-6,9-10,13-16,22,25,33H,2,4,7-8,11-12,18H2,1H3,(H,32,34)/t25-/m0/s1. The normalized spacial score (nSPS) is 18.1. The Morgan fingerprint density at radius 2 is 1.81 bits per heavy atom. The van der Waals surface area contributed by atoms with Crippen LogP contribution in [0.4, 0.5) is 0 Å². The molecule has 6 nitrogen and oxygen atoms in total. The number of thioether (sulfide) groups is 1. The molecule has 0 radical (unpaired) electrons. The summed E-state index contributed by atoms with van der Waals surface area (Å²) in [5, 5.41) is 17.9. The van der Waals surface area contributed by atoms with Gasteiger partial charge in [0.05, 0.1) is 46.2 Å². The molecule has 0 aromatic heterocycles. The fourth-order valence-corrected chi connectivity index (χ4v) is 5.78. The van der Waals surface area contributed by atoms with Gasteiger partial charge in [0.2, 0.25) is 5.91 Å². The molecular weight excluding hydrogens is 506 g/mol. The number of dihydropyridines is 1. The lowest BCUT2D eigenvalue weighted by atomic mass is 9.81. The van der Waals surface area contributed by atoms with Crippen molar-refractivity contribution in [2.45, 2.75) is 51.0 Å². The van der Waals surface area contributed by atoms with E-state index in [-0.39, 0.29) is 24.3 Å². The van der Waals surface area contributed by atoms with Crippen LogP contribution in [0.25, 0.3) is 5.70 Å². The van der Waals surface area contributed by atoms with E-state index in [2.05, 4.69) is 16.7 Å². The maximum atomic E-state index is 13.3. The van der Waals surface area contributed by atoms with Crippen molar-refractivity contribution in [3.63, 3.8) is 0 Å².